The van der Waals surface area contributed by atoms with Gasteiger partial charge in [-0.3, -0.25) is 14.9 Å². The number of carbonyl (C=O) groups excluding carboxylic acids is 1. The average Bonchev–Trinajstić information content (AvgIpc) is 2.87. The number of fused-ring (bicyclic) bond motifs is 1. The van der Waals surface area contributed by atoms with Crippen molar-refractivity contribution in [2.24, 2.45) is 5.92 Å². The van der Waals surface area contributed by atoms with Gasteiger partial charge in [0.15, 0.2) is 11.5 Å². The van der Waals surface area contributed by atoms with Gasteiger partial charge in [-0.25, -0.2) is 0 Å². The number of carboxylic acids is 1. The Morgan fingerprint density at radius 1 is 1.19 bits per heavy atom. The summed E-state index contributed by atoms with van der Waals surface area (Å²) in [6, 6.07) is 4.80. The topological polar surface area (TPSA) is 96.9 Å². The summed E-state index contributed by atoms with van der Waals surface area (Å²) >= 11 is 0. The zero-order valence-electron chi connectivity index (χ0n) is 16.3. The molecule has 1 aromatic rings. The smallest absolute Gasteiger partial charge is 0.320 e. The van der Waals surface area contributed by atoms with Crippen LogP contribution in [0.25, 0.3) is 0 Å². The fourth-order valence-corrected chi connectivity index (χ4v) is 3.05. The molecule has 1 aromatic carbocycles. The molecule has 1 heterocycles. The van der Waals surface area contributed by atoms with E-state index in [1.807, 2.05) is 39.0 Å². The van der Waals surface area contributed by atoms with E-state index in [4.69, 9.17) is 9.47 Å². The molecule has 0 bridgehead atoms. The molecule has 0 aromatic heterocycles. The van der Waals surface area contributed by atoms with E-state index in [2.05, 4.69) is 10.6 Å². The van der Waals surface area contributed by atoms with Crippen LogP contribution in [0.5, 0.6) is 11.5 Å². The number of carbonyl (C=O) groups is 2. The van der Waals surface area contributed by atoms with Gasteiger partial charge in [-0.2, -0.15) is 0 Å². The standard InChI is InChI=1S/C20H30N2O5/c1-4-6-15(20(24)25)21-12-18(23)22-19(13(2)3)14-7-8-16-17(11-14)27-10-5-9-26-16/h7-8,11,13,15,19,21H,4-6,9-10,12H2,1-3H3,(H,22,23)(H,24,25). The molecule has 3 N–H and O–H groups in total. The van der Waals surface area contributed by atoms with E-state index in [0.29, 0.717) is 25.4 Å². The maximum absolute atomic E-state index is 12.4. The zero-order chi connectivity index (χ0) is 19.8. The van der Waals surface area contributed by atoms with Gasteiger partial charge in [0.25, 0.3) is 0 Å². The van der Waals surface area contributed by atoms with Crippen LogP contribution in [0.1, 0.15) is 51.6 Å². The predicted molar refractivity (Wildman–Crippen MR) is 102 cm³/mol. The molecule has 2 rings (SSSR count). The third-order valence-electron chi connectivity index (χ3n) is 4.50. The Kier molecular flexibility index (Phi) is 7.91. The van der Waals surface area contributed by atoms with Gasteiger partial charge in [-0.1, -0.05) is 33.3 Å². The van der Waals surface area contributed by atoms with E-state index >= 15 is 0 Å². The maximum atomic E-state index is 12.4. The van der Waals surface area contributed by atoms with Crippen LogP contribution in [0, 0.1) is 5.92 Å². The Morgan fingerprint density at radius 2 is 1.89 bits per heavy atom. The molecule has 0 aliphatic carbocycles. The summed E-state index contributed by atoms with van der Waals surface area (Å²) in [5.74, 6) is 0.397. The van der Waals surface area contributed by atoms with Crippen molar-refractivity contribution in [2.75, 3.05) is 19.8 Å². The van der Waals surface area contributed by atoms with Crippen molar-refractivity contribution >= 4 is 11.9 Å². The number of hydrogen-bond acceptors (Lipinski definition) is 5. The van der Waals surface area contributed by atoms with E-state index in [9.17, 15) is 14.7 Å². The molecule has 7 nitrogen and oxygen atoms in total. The van der Waals surface area contributed by atoms with Crippen molar-refractivity contribution in [1.29, 1.82) is 0 Å². The van der Waals surface area contributed by atoms with Crippen LogP contribution in [0.4, 0.5) is 0 Å². The van der Waals surface area contributed by atoms with Crippen molar-refractivity contribution in [3.8, 4) is 11.5 Å². The molecular formula is C20H30N2O5. The summed E-state index contributed by atoms with van der Waals surface area (Å²) in [5, 5.41) is 15.0. The maximum Gasteiger partial charge on any atom is 0.320 e. The average molecular weight is 378 g/mol. The lowest BCUT2D eigenvalue weighted by Gasteiger charge is -2.24. The Balaban J connectivity index is 2.03. The first-order chi connectivity index (χ1) is 12.9. The molecule has 1 aliphatic rings. The molecule has 150 valence electrons. The lowest BCUT2D eigenvalue weighted by Crippen LogP contribution is -2.44. The summed E-state index contributed by atoms with van der Waals surface area (Å²) in [5.41, 5.74) is 0.936. The summed E-state index contributed by atoms with van der Waals surface area (Å²) in [6.07, 6.45) is 2.05. The number of ether oxygens (including phenoxy) is 2. The van der Waals surface area contributed by atoms with Crippen LogP contribution in [0.15, 0.2) is 18.2 Å². The SMILES string of the molecule is CCCC(NCC(=O)NC(c1ccc2c(c1)OCCCO2)C(C)C)C(=O)O. The molecule has 27 heavy (non-hydrogen) atoms. The molecule has 0 saturated carbocycles. The lowest BCUT2D eigenvalue weighted by atomic mass is 9.95. The van der Waals surface area contributed by atoms with E-state index in [1.54, 1.807) is 0 Å². The molecule has 1 aliphatic heterocycles. The van der Waals surface area contributed by atoms with Gasteiger partial charge in [0.05, 0.1) is 25.8 Å². The molecule has 1 amide bonds. The van der Waals surface area contributed by atoms with Crippen molar-refractivity contribution in [3.63, 3.8) is 0 Å². The summed E-state index contributed by atoms with van der Waals surface area (Å²) in [4.78, 5) is 23.6. The van der Waals surface area contributed by atoms with Gasteiger partial charge in [0, 0.05) is 6.42 Å². The second-order valence-electron chi connectivity index (χ2n) is 7.11. The number of benzene rings is 1. The van der Waals surface area contributed by atoms with Gasteiger partial charge >= 0.3 is 5.97 Å². The van der Waals surface area contributed by atoms with Gasteiger partial charge in [-0.05, 0) is 30.0 Å². The number of rotatable bonds is 9. The lowest BCUT2D eigenvalue weighted by molar-refractivity contribution is -0.139. The van der Waals surface area contributed by atoms with Crippen molar-refractivity contribution < 1.29 is 24.2 Å². The van der Waals surface area contributed by atoms with Crippen LogP contribution in [-0.4, -0.2) is 42.8 Å². The second kappa shape index (κ2) is 10.2. The van der Waals surface area contributed by atoms with Crippen LogP contribution < -0.4 is 20.1 Å². The molecule has 2 atom stereocenters. The van der Waals surface area contributed by atoms with Gasteiger partial charge < -0.3 is 19.9 Å². The van der Waals surface area contributed by atoms with Gasteiger partial charge in [-0.15, -0.1) is 0 Å². The first-order valence-electron chi connectivity index (χ1n) is 9.57. The van der Waals surface area contributed by atoms with Crippen LogP contribution in [0.3, 0.4) is 0 Å². The third-order valence-corrected chi connectivity index (χ3v) is 4.50. The minimum atomic E-state index is -0.937. The molecule has 0 fully saturated rings. The minimum absolute atomic E-state index is 0.0370. The predicted octanol–water partition coefficient (Wildman–Crippen LogP) is 2.50. The number of aliphatic carboxylic acids is 1. The number of amides is 1. The number of hydrogen-bond donors (Lipinski definition) is 3. The highest BCUT2D eigenvalue weighted by atomic mass is 16.5. The largest absolute Gasteiger partial charge is 0.490 e. The molecular weight excluding hydrogens is 348 g/mol. The van der Waals surface area contributed by atoms with Gasteiger partial charge in [0.1, 0.15) is 6.04 Å². The van der Waals surface area contributed by atoms with Crippen molar-refractivity contribution in [3.05, 3.63) is 23.8 Å². The summed E-state index contributed by atoms with van der Waals surface area (Å²) in [7, 11) is 0. The molecule has 7 heteroatoms. The van der Waals surface area contributed by atoms with E-state index in [-0.39, 0.29) is 24.4 Å². The normalized spacial score (nSPS) is 15.7. The first-order valence-corrected chi connectivity index (χ1v) is 9.57. The molecule has 2 unspecified atom stereocenters. The summed E-state index contributed by atoms with van der Waals surface area (Å²) < 4.78 is 11.4. The van der Waals surface area contributed by atoms with Crippen molar-refractivity contribution in [1.82, 2.24) is 10.6 Å². The minimum Gasteiger partial charge on any atom is -0.490 e. The van der Waals surface area contributed by atoms with Crippen LogP contribution in [0.2, 0.25) is 0 Å². The highest BCUT2D eigenvalue weighted by Gasteiger charge is 2.22. The summed E-state index contributed by atoms with van der Waals surface area (Å²) in [6.45, 7) is 7.16. The second-order valence-corrected chi connectivity index (χ2v) is 7.11. The number of nitrogens with one attached hydrogen (secondary N) is 2. The Labute approximate surface area is 160 Å². The fraction of sp³-hybridized carbons (Fsp3) is 0.600. The van der Waals surface area contributed by atoms with Gasteiger partial charge in [0.2, 0.25) is 5.91 Å². The highest BCUT2D eigenvalue weighted by molar-refractivity contribution is 5.80. The van der Waals surface area contributed by atoms with Crippen molar-refractivity contribution in [2.45, 2.75) is 52.1 Å². The van der Waals surface area contributed by atoms with E-state index < -0.39 is 12.0 Å². The van der Waals surface area contributed by atoms with Crippen LogP contribution in [-0.2, 0) is 9.59 Å². The quantitative estimate of drug-likeness (QED) is 0.611. The van der Waals surface area contributed by atoms with E-state index in [1.165, 1.54) is 0 Å². The van der Waals surface area contributed by atoms with Crippen LogP contribution >= 0.6 is 0 Å². The highest BCUT2D eigenvalue weighted by Crippen LogP contribution is 2.34. The zero-order valence-corrected chi connectivity index (χ0v) is 16.3. The Morgan fingerprint density at radius 3 is 2.52 bits per heavy atom. The number of carboxylic acid groups (broad SMARTS) is 1. The molecule has 0 saturated heterocycles. The Bertz CT molecular complexity index is 647. The molecule has 0 spiro atoms. The van der Waals surface area contributed by atoms with E-state index in [0.717, 1.165) is 24.2 Å². The fourth-order valence-electron chi connectivity index (χ4n) is 3.05. The molecule has 0 radical (unpaired) electrons. The monoisotopic (exact) mass is 378 g/mol. The first kappa shape index (κ1) is 21.0. The third kappa shape index (κ3) is 6.13. The Hall–Kier alpha value is -2.28.